The van der Waals surface area contributed by atoms with Gasteiger partial charge in [-0.05, 0) is 12.8 Å². The normalized spacial score (nSPS) is 12.7. The van der Waals surface area contributed by atoms with Gasteiger partial charge in [0, 0.05) is 13.5 Å². The molecule has 1 atom stereocenters. The van der Waals surface area contributed by atoms with Crippen molar-refractivity contribution in [3.8, 4) is 24.2 Å². The molecule has 0 aliphatic heterocycles. The Balaban J connectivity index is 4.13. The van der Waals surface area contributed by atoms with Crippen LogP contribution in [0, 0.1) is 24.2 Å². The first kappa shape index (κ1) is 11.1. The van der Waals surface area contributed by atoms with Crippen molar-refractivity contribution in [2.45, 2.75) is 25.5 Å². The van der Waals surface area contributed by atoms with Crippen molar-refractivity contribution in [2.75, 3.05) is 7.05 Å². The van der Waals surface area contributed by atoms with Crippen LogP contribution in [0.1, 0.15) is 20.3 Å². The highest BCUT2D eigenvalue weighted by atomic mass is 32.2. The van der Waals surface area contributed by atoms with Crippen LogP contribution in [0.25, 0.3) is 0 Å². The van der Waals surface area contributed by atoms with Crippen molar-refractivity contribution in [2.24, 2.45) is 4.99 Å². The molecule has 12 heavy (non-hydrogen) atoms. The largest absolute Gasteiger partial charge is 0.273 e. The number of hydrogen-bond donors (Lipinski definition) is 0. The van der Waals surface area contributed by atoms with E-state index in [1.165, 1.54) is 11.8 Å². The molecule has 0 saturated heterocycles. The van der Waals surface area contributed by atoms with Crippen molar-refractivity contribution in [1.82, 2.24) is 0 Å². The van der Waals surface area contributed by atoms with Gasteiger partial charge < -0.3 is 0 Å². The molecule has 0 fully saturated rings. The summed E-state index contributed by atoms with van der Waals surface area (Å²) < 4.78 is 0. The molecule has 0 aliphatic carbocycles. The zero-order chi connectivity index (χ0) is 9.40. The molecular weight excluding hydrogens is 166 g/mol. The molecular formula is C10H13NS. The molecule has 1 unspecified atom stereocenters. The Labute approximate surface area is 79.0 Å². The maximum absolute atomic E-state index is 5.23. The number of aliphatic imine (C=N–C) groups is 1. The van der Waals surface area contributed by atoms with E-state index in [2.05, 4.69) is 22.8 Å². The fourth-order valence-electron chi connectivity index (χ4n) is 0.504. The minimum atomic E-state index is 0.148. The maximum atomic E-state index is 5.23. The fraction of sp³-hybridized carbons (Fsp3) is 0.500. The summed E-state index contributed by atoms with van der Waals surface area (Å²) in [7, 11) is 1.73. The Morgan fingerprint density at radius 3 is 2.75 bits per heavy atom. The number of terminal acetylenes is 1. The van der Waals surface area contributed by atoms with Crippen molar-refractivity contribution >= 4 is 16.8 Å². The van der Waals surface area contributed by atoms with Gasteiger partial charge in [-0.1, -0.05) is 30.5 Å². The third kappa shape index (κ3) is 4.88. The second kappa shape index (κ2) is 6.83. The number of thioether (sulfide) groups is 1. The Bertz CT molecular complexity index is 249. The summed E-state index contributed by atoms with van der Waals surface area (Å²) in [6, 6.07) is 0. The van der Waals surface area contributed by atoms with E-state index in [1.54, 1.807) is 7.05 Å². The first-order chi connectivity index (χ1) is 5.74. The first-order valence-corrected chi connectivity index (χ1v) is 4.71. The van der Waals surface area contributed by atoms with E-state index in [-0.39, 0.29) is 5.25 Å². The van der Waals surface area contributed by atoms with E-state index in [0.717, 1.165) is 11.5 Å². The van der Waals surface area contributed by atoms with Gasteiger partial charge in [0.05, 0.1) is 5.25 Å². The Morgan fingerprint density at radius 2 is 2.33 bits per heavy atom. The summed E-state index contributed by atoms with van der Waals surface area (Å²) >= 11 is 1.52. The molecule has 0 saturated carbocycles. The van der Waals surface area contributed by atoms with Crippen LogP contribution < -0.4 is 0 Å². The van der Waals surface area contributed by atoms with Gasteiger partial charge in [0.1, 0.15) is 5.04 Å². The maximum Gasteiger partial charge on any atom is 0.142 e. The highest BCUT2D eigenvalue weighted by molar-refractivity contribution is 8.15. The average Bonchev–Trinajstić information content (AvgIpc) is 2.11. The van der Waals surface area contributed by atoms with Crippen LogP contribution in [0.5, 0.6) is 0 Å². The number of hydrogen-bond acceptors (Lipinski definition) is 2. The summed E-state index contributed by atoms with van der Waals surface area (Å²) in [6.07, 6.45) is 6.08. The zero-order valence-electron chi connectivity index (χ0n) is 7.72. The van der Waals surface area contributed by atoms with Gasteiger partial charge in [-0.2, -0.15) is 0 Å². The Hall–Kier alpha value is -0.860. The summed E-state index contributed by atoms with van der Waals surface area (Å²) in [5, 5.41) is 0.970. The van der Waals surface area contributed by atoms with Crippen LogP contribution in [0.4, 0.5) is 0 Å². The van der Waals surface area contributed by atoms with Gasteiger partial charge in [-0.3, -0.25) is 4.99 Å². The van der Waals surface area contributed by atoms with Gasteiger partial charge in [0.25, 0.3) is 0 Å². The van der Waals surface area contributed by atoms with Crippen LogP contribution in [0.3, 0.4) is 0 Å². The lowest BCUT2D eigenvalue weighted by Gasteiger charge is -1.99. The lowest BCUT2D eigenvalue weighted by atomic mass is 10.5. The summed E-state index contributed by atoms with van der Waals surface area (Å²) in [5.74, 6) is 8.53. The third-order valence-corrected chi connectivity index (χ3v) is 2.10. The Morgan fingerprint density at radius 1 is 1.67 bits per heavy atom. The SMILES string of the molecule is C#CC(C)S/C(C#CCC)=N\C. The summed E-state index contributed by atoms with van der Waals surface area (Å²) in [5.41, 5.74) is 0. The molecule has 0 radical (unpaired) electrons. The predicted molar refractivity (Wildman–Crippen MR) is 57.3 cm³/mol. The van der Waals surface area contributed by atoms with Gasteiger partial charge in [-0.25, -0.2) is 0 Å². The van der Waals surface area contributed by atoms with Crippen molar-refractivity contribution in [1.29, 1.82) is 0 Å². The zero-order valence-corrected chi connectivity index (χ0v) is 8.53. The van der Waals surface area contributed by atoms with Gasteiger partial charge in [-0.15, -0.1) is 6.42 Å². The molecule has 0 aromatic rings. The van der Waals surface area contributed by atoms with Crippen LogP contribution in [0.15, 0.2) is 4.99 Å². The van der Waals surface area contributed by atoms with Crippen LogP contribution in [0.2, 0.25) is 0 Å². The molecule has 64 valence electrons. The fourth-order valence-corrected chi connectivity index (χ4v) is 1.14. The summed E-state index contributed by atoms with van der Waals surface area (Å²) in [4.78, 5) is 4.02. The van der Waals surface area contributed by atoms with Crippen molar-refractivity contribution in [3.05, 3.63) is 0 Å². The van der Waals surface area contributed by atoms with Gasteiger partial charge in [0.2, 0.25) is 0 Å². The molecule has 0 amide bonds. The number of rotatable bonds is 1. The standard InChI is InChI=1S/C10H13NS/c1-5-7-8-10(11-4)12-9(3)6-2/h2,9H,5H2,1,3-4H3/b11-10-. The second-order valence-corrected chi connectivity index (χ2v) is 3.44. The molecule has 0 bridgehead atoms. The quantitative estimate of drug-likeness (QED) is 0.341. The second-order valence-electron chi connectivity index (χ2n) is 2.11. The van der Waals surface area contributed by atoms with E-state index in [0.29, 0.717) is 0 Å². The molecule has 0 aliphatic rings. The monoisotopic (exact) mass is 179 g/mol. The highest BCUT2D eigenvalue weighted by Gasteiger charge is 2.00. The Kier molecular flexibility index (Phi) is 6.34. The molecule has 2 heteroatoms. The first-order valence-electron chi connectivity index (χ1n) is 3.83. The van der Waals surface area contributed by atoms with E-state index in [4.69, 9.17) is 6.42 Å². The van der Waals surface area contributed by atoms with Crippen molar-refractivity contribution in [3.63, 3.8) is 0 Å². The topological polar surface area (TPSA) is 12.4 Å². The molecule has 0 aromatic heterocycles. The molecule has 0 rings (SSSR count). The lowest BCUT2D eigenvalue weighted by Crippen LogP contribution is -1.97. The van der Waals surface area contributed by atoms with Gasteiger partial charge in [0.15, 0.2) is 0 Å². The third-order valence-electron chi connectivity index (χ3n) is 1.10. The van der Waals surface area contributed by atoms with Crippen molar-refractivity contribution < 1.29 is 0 Å². The minimum Gasteiger partial charge on any atom is -0.273 e. The highest BCUT2D eigenvalue weighted by Crippen LogP contribution is 2.10. The van der Waals surface area contributed by atoms with E-state index in [9.17, 15) is 0 Å². The smallest absolute Gasteiger partial charge is 0.142 e. The van der Waals surface area contributed by atoms with E-state index in [1.807, 2.05) is 13.8 Å². The van der Waals surface area contributed by atoms with E-state index >= 15 is 0 Å². The average molecular weight is 179 g/mol. The predicted octanol–water partition coefficient (Wildman–Crippen LogP) is 2.18. The van der Waals surface area contributed by atoms with Gasteiger partial charge >= 0.3 is 0 Å². The minimum absolute atomic E-state index is 0.148. The molecule has 1 nitrogen and oxygen atoms in total. The molecule has 0 heterocycles. The lowest BCUT2D eigenvalue weighted by molar-refractivity contribution is 1.28. The van der Waals surface area contributed by atoms with E-state index < -0.39 is 0 Å². The molecule has 0 spiro atoms. The van der Waals surface area contributed by atoms with Crippen LogP contribution >= 0.6 is 11.8 Å². The van der Waals surface area contributed by atoms with Crippen LogP contribution in [-0.2, 0) is 0 Å². The van der Waals surface area contributed by atoms with Crippen LogP contribution in [-0.4, -0.2) is 17.3 Å². The number of nitrogens with zero attached hydrogens (tertiary/aromatic N) is 1. The molecule has 0 aromatic carbocycles. The molecule has 0 N–H and O–H groups in total. The summed E-state index contributed by atoms with van der Waals surface area (Å²) in [6.45, 7) is 3.97.